The third-order valence-electron chi connectivity index (χ3n) is 4.29. The number of methoxy groups -OCH3 is 2. The van der Waals surface area contributed by atoms with Crippen LogP contribution in [0, 0.1) is 0 Å². The standard InChI is InChI=1S/C23H20O6/c1-27-19-8-6-16-11-15(3-5-17(16)12-19)4-9-20(24)18-7-10-21(22(13-18)28-2)29-14-23(25)26/h3-13H,14H2,1-2H3,(H,25,26)/p-1/b9-4+. The highest BCUT2D eigenvalue weighted by atomic mass is 16.5. The Balaban J connectivity index is 1.77. The largest absolute Gasteiger partial charge is 0.546 e. The Morgan fingerprint density at radius 2 is 1.66 bits per heavy atom. The van der Waals surface area contributed by atoms with E-state index in [1.165, 1.54) is 25.3 Å². The molecule has 0 atom stereocenters. The van der Waals surface area contributed by atoms with Gasteiger partial charge in [0, 0.05) is 5.56 Å². The Hall–Kier alpha value is -3.80. The number of carboxylic acid groups (broad SMARTS) is 1. The Morgan fingerprint density at radius 1 is 0.897 bits per heavy atom. The number of rotatable bonds is 8. The first kappa shape index (κ1) is 19.9. The average Bonchev–Trinajstić information content (AvgIpc) is 2.75. The Bertz CT molecular complexity index is 1080. The number of aliphatic carboxylic acids is 1. The van der Waals surface area contributed by atoms with Gasteiger partial charge in [0.05, 0.1) is 20.2 Å². The maximum absolute atomic E-state index is 12.5. The second-order valence-corrected chi connectivity index (χ2v) is 6.20. The minimum atomic E-state index is -1.34. The van der Waals surface area contributed by atoms with Crippen molar-refractivity contribution in [2.24, 2.45) is 0 Å². The van der Waals surface area contributed by atoms with Crippen molar-refractivity contribution in [3.05, 3.63) is 71.8 Å². The van der Waals surface area contributed by atoms with E-state index in [2.05, 4.69) is 0 Å². The molecule has 0 aliphatic carbocycles. The number of ketones is 1. The number of ether oxygens (including phenoxy) is 3. The van der Waals surface area contributed by atoms with Crippen LogP contribution in [-0.2, 0) is 4.79 Å². The quantitative estimate of drug-likeness (QED) is 0.434. The van der Waals surface area contributed by atoms with Crippen LogP contribution in [0.25, 0.3) is 16.8 Å². The smallest absolute Gasteiger partial charge is 0.185 e. The van der Waals surface area contributed by atoms with Crippen LogP contribution in [0.2, 0.25) is 0 Å². The molecule has 0 heterocycles. The van der Waals surface area contributed by atoms with Gasteiger partial charge in [-0.3, -0.25) is 4.79 Å². The summed E-state index contributed by atoms with van der Waals surface area (Å²) in [6.45, 7) is -0.600. The van der Waals surface area contributed by atoms with Gasteiger partial charge in [-0.25, -0.2) is 0 Å². The maximum Gasteiger partial charge on any atom is 0.185 e. The lowest BCUT2D eigenvalue weighted by Crippen LogP contribution is -2.29. The van der Waals surface area contributed by atoms with Crippen molar-refractivity contribution in [1.29, 1.82) is 0 Å². The van der Waals surface area contributed by atoms with Crippen molar-refractivity contribution in [2.45, 2.75) is 0 Å². The van der Waals surface area contributed by atoms with E-state index in [1.54, 1.807) is 19.3 Å². The predicted molar refractivity (Wildman–Crippen MR) is 107 cm³/mol. The summed E-state index contributed by atoms with van der Waals surface area (Å²) in [6.07, 6.45) is 3.21. The predicted octanol–water partition coefficient (Wildman–Crippen LogP) is 2.88. The molecule has 0 aliphatic heterocycles. The Kier molecular flexibility index (Phi) is 6.14. The fraction of sp³-hybridized carbons (Fsp3) is 0.130. The first-order chi connectivity index (χ1) is 14.0. The normalized spacial score (nSPS) is 10.8. The van der Waals surface area contributed by atoms with Crippen molar-refractivity contribution in [2.75, 3.05) is 20.8 Å². The van der Waals surface area contributed by atoms with Gasteiger partial charge in [-0.05, 0) is 58.8 Å². The maximum atomic E-state index is 12.5. The van der Waals surface area contributed by atoms with Crippen LogP contribution in [0.5, 0.6) is 17.2 Å². The van der Waals surface area contributed by atoms with Crippen LogP contribution in [0.4, 0.5) is 0 Å². The zero-order chi connectivity index (χ0) is 20.8. The van der Waals surface area contributed by atoms with Crippen molar-refractivity contribution < 1.29 is 28.9 Å². The molecular formula is C23H19O6-. The van der Waals surface area contributed by atoms with Crippen LogP contribution >= 0.6 is 0 Å². The molecule has 0 radical (unpaired) electrons. The monoisotopic (exact) mass is 391 g/mol. The topological polar surface area (TPSA) is 84.9 Å². The fourth-order valence-electron chi connectivity index (χ4n) is 2.82. The minimum absolute atomic E-state index is 0.218. The molecular weight excluding hydrogens is 372 g/mol. The van der Waals surface area contributed by atoms with Gasteiger partial charge in [0.25, 0.3) is 0 Å². The number of carboxylic acids is 1. The van der Waals surface area contributed by atoms with Gasteiger partial charge in [0.2, 0.25) is 0 Å². The van der Waals surface area contributed by atoms with Gasteiger partial charge in [-0.1, -0.05) is 24.3 Å². The number of allylic oxidation sites excluding steroid dienone is 1. The molecule has 29 heavy (non-hydrogen) atoms. The molecule has 0 saturated heterocycles. The first-order valence-electron chi connectivity index (χ1n) is 8.81. The second-order valence-electron chi connectivity index (χ2n) is 6.20. The van der Waals surface area contributed by atoms with E-state index in [9.17, 15) is 14.7 Å². The fourth-order valence-corrected chi connectivity index (χ4v) is 2.82. The number of benzene rings is 3. The Morgan fingerprint density at radius 3 is 2.38 bits per heavy atom. The third kappa shape index (κ3) is 4.93. The van der Waals surface area contributed by atoms with Crippen LogP contribution in [-0.4, -0.2) is 32.6 Å². The summed E-state index contributed by atoms with van der Waals surface area (Å²) >= 11 is 0. The average molecular weight is 391 g/mol. The highest BCUT2D eigenvalue weighted by Crippen LogP contribution is 2.28. The highest BCUT2D eigenvalue weighted by molar-refractivity contribution is 6.07. The lowest BCUT2D eigenvalue weighted by atomic mass is 10.0. The molecule has 0 fully saturated rings. The van der Waals surface area contributed by atoms with Crippen LogP contribution in [0.3, 0.4) is 0 Å². The summed E-state index contributed by atoms with van der Waals surface area (Å²) in [5.41, 5.74) is 1.28. The van der Waals surface area contributed by atoms with Crippen molar-refractivity contribution in [3.8, 4) is 17.2 Å². The summed E-state index contributed by atoms with van der Waals surface area (Å²) in [6, 6.07) is 16.2. The van der Waals surface area contributed by atoms with Crippen LogP contribution in [0.1, 0.15) is 15.9 Å². The summed E-state index contributed by atoms with van der Waals surface area (Å²) in [5, 5.41) is 12.6. The second kappa shape index (κ2) is 8.93. The van der Waals surface area contributed by atoms with Gasteiger partial charge in [-0.15, -0.1) is 0 Å². The van der Waals surface area contributed by atoms with Gasteiger partial charge >= 0.3 is 0 Å². The summed E-state index contributed by atoms with van der Waals surface area (Å²) in [5.74, 6) is -0.280. The molecule has 3 rings (SSSR count). The number of hydrogen-bond acceptors (Lipinski definition) is 6. The molecule has 148 valence electrons. The van der Waals surface area contributed by atoms with Crippen LogP contribution in [0.15, 0.2) is 60.7 Å². The molecule has 0 saturated carbocycles. The molecule has 6 heteroatoms. The number of carbonyl (C=O) groups excluding carboxylic acids is 2. The van der Waals surface area contributed by atoms with Gasteiger partial charge in [-0.2, -0.15) is 0 Å². The molecule has 0 amide bonds. The third-order valence-corrected chi connectivity index (χ3v) is 4.29. The van der Waals surface area contributed by atoms with Gasteiger partial charge < -0.3 is 24.1 Å². The minimum Gasteiger partial charge on any atom is -0.546 e. The van der Waals surface area contributed by atoms with Gasteiger partial charge in [0.1, 0.15) is 12.4 Å². The van der Waals surface area contributed by atoms with E-state index in [0.29, 0.717) is 5.56 Å². The van der Waals surface area contributed by atoms with E-state index in [1.807, 2.05) is 36.4 Å². The molecule has 0 aromatic heterocycles. The number of fused-ring (bicyclic) bond motifs is 1. The summed E-state index contributed by atoms with van der Waals surface area (Å²) < 4.78 is 15.5. The van der Waals surface area contributed by atoms with Crippen LogP contribution < -0.4 is 19.3 Å². The Labute approximate surface area is 167 Å². The van der Waals surface area contributed by atoms with Crippen molar-refractivity contribution in [3.63, 3.8) is 0 Å². The lowest BCUT2D eigenvalue weighted by Gasteiger charge is -2.11. The molecule has 3 aromatic carbocycles. The summed E-state index contributed by atoms with van der Waals surface area (Å²) in [7, 11) is 3.04. The number of carbonyl (C=O) groups is 2. The molecule has 0 aliphatic rings. The van der Waals surface area contributed by atoms with Crippen molar-refractivity contribution >= 4 is 28.6 Å². The van der Waals surface area contributed by atoms with E-state index in [4.69, 9.17) is 14.2 Å². The zero-order valence-electron chi connectivity index (χ0n) is 16.0. The summed E-state index contributed by atoms with van der Waals surface area (Å²) in [4.78, 5) is 23.0. The van der Waals surface area contributed by atoms with E-state index in [-0.39, 0.29) is 17.3 Å². The molecule has 6 nitrogen and oxygen atoms in total. The highest BCUT2D eigenvalue weighted by Gasteiger charge is 2.10. The molecule has 0 spiro atoms. The van der Waals surface area contributed by atoms with E-state index >= 15 is 0 Å². The first-order valence-corrected chi connectivity index (χ1v) is 8.81. The zero-order valence-corrected chi connectivity index (χ0v) is 16.0. The van der Waals surface area contributed by atoms with E-state index in [0.717, 1.165) is 22.1 Å². The van der Waals surface area contributed by atoms with Crippen molar-refractivity contribution in [1.82, 2.24) is 0 Å². The lowest BCUT2D eigenvalue weighted by molar-refractivity contribution is -0.307. The SMILES string of the molecule is COc1ccc2cc(/C=C/C(=O)c3ccc(OCC(=O)[O-])c(OC)c3)ccc2c1. The molecule has 0 bridgehead atoms. The molecule has 3 aromatic rings. The van der Waals surface area contributed by atoms with Gasteiger partial charge in [0.15, 0.2) is 17.3 Å². The molecule has 0 N–H and O–H groups in total. The molecule has 0 unspecified atom stereocenters. The van der Waals surface area contributed by atoms with E-state index < -0.39 is 12.6 Å². The number of hydrogen-bond donors (Lipinski definition) is 0.